The van der Waals surface area contributed by atoms with Crippen LogP contribution < -0.4 is 0 Å². The number of aliphatic hydroxyl groups excluding tert-OH is 3. The average Bonchev–Trinajstić information content (AvgIpc) is 2.72. The van der Waals surface area contributed by atoms with Gasteiger partial charge in [-0.1, -0.05) is 84.3 Å². The Kier molecular flexibility index (Phi) is 14.3. The van der Waals surface area contributed by atoms with Gasteiger partial charge < -0.3 is 25.2 Å². The smallest absolute Gasteiger partial charge is 0.186 e. The topological polar surface area (TPSA) is 90.2 Å². The first-order valence-corrected chi connectivity index (χ1v) is 13.1. The van der Waals surface area contributed by atoms with Crippen molar-refractivity contribution in [2.24, 2.45) is 17.8 Å². The lowest BCUT2D eigenvalue weighted by Gasteiger charge is -2.42. The molecule has 0 spiro atoms. The lowest BCUT2D eigenvalue weighted by atomic mass is 9.85. The molecule has 1 fully saturated rings. The Morgan fingerprint density at radius 2 is 1.47 bits per heavy atom. The van der Waals surface area contributed by atoms with E-state index in [1.54, 1.807) is 0 Å². The van der Waals surface area contributed by atoms with Gasteiger partial charge in [0.2, 0.25) is 0 Å². The van der Waals surface area contributed by atoms with Crippen LogP contribution in [0.5, 0.6) is 0 Å². The number of hydrogen-bond donors (Lipinski definition) is 4. The van der Waals surface area contributed by atoms with Crippen LogP contribution in [-0.2, 0) is 4.74 Å². The van der Waals surface area contributed by atoms with Crippen molar-refractivity contribution in [3.05, 3.63) is 11.6 Å². The second kappa shape index (κ2) is 15.4. The number of hydrogen-bond acceptors (Lipinski definition) is 5. The molecule has 1 aliphatic rings. The molecule has 1 aliphatic heterocycles. The Morgan fingerprint density at radius 3 is 2.06 bits per heavy atom. The van der Waals surface area contributed by atoms with E-state index in [0.29, 0.717) is 6.42 Å². The number of allylic oxidation sites excluding steroid dienone is 2. The van der Waals surface area contributed by atoms with E-state index >= 15 is 0 Å². The van der Waals surface area contributed by atoms with E-state index in [1.807, 2.05) is 0 Å². The van der Waals surface area contributed by atoms with E-state index < -0.39 is 24.1 Å². The zero-order valence-corrected chi connectivity index (χ0v) is 21.4. The number of rotatable bonds is 16. The van der Waals surface area contributed by atoms with Crippen molar-refractivity contribution in [1.82, 2.24) is 0 Å². The zero-order valence-electron chi connectivity index (χ0n) is 21.4. The molecule has 0 aromatic carbocycles. The Labute approximate surface area is 197 Å². The minimum Gasteiger partial charge on any atom is -0.388 e. The van der Waals surface area contributed by atoms with Crippen LogP contribution in [0.3, 0.4) is 0 Å². The van der Waals surface area contributed by atoms with Crippen molar-refractivity contribution in [3.8, 4) is 0 Å². The average molecular weight is 457 g/mol. The summed E-state index contributed by atoms with van der Waals surface area (Å²) in [5.74, 6) is 2.46. The van der Waals surface area contributed by atoms with Crippen LogP contribution in [0.25, 0.3) is 0 Å². The molecular weight excluding hydrogens is 404 g/mol. The first-order chi connectivity index (χ1) is 15.1. The molecule has 1 saturated heterocycles. The summed E-state index contributed by atoms with van der Waals surface area (Å²) in [5, 5.41) is 40.1. The largest absolute Gasteiger partial charge is 0.388 e. The van der Waals surface area contributed by atoms with Gasteiger partial charge in [-0.25, -0.2) is 0 Å². The van der Waals surface area contributed by atoms with Gasteiger partial charge in [-0.15, -0.1) is 0 Å². The third-order valence-corrected chi connectivity index (χ3v) is 7.14. The fourth-order valence-corrected chi connectivity index (χ4v) is 4.72. The van der Waals surface area contributed by atoms with Crippen LogP contribution in [0.4, 0.5) is 0 Å². The summed E-state index contributed by atoms with van der Waals surface area (Å²) >= 11 is 0. The van der Waals surface area contributed by atoms with Gasteiger partial charge in [-0.2, -0.15) is 0 Å². The molecule has 0 radical (unpaired) electrons. The predicted octanol–water partition coefficient (Wildman–Crippen LogP) is 5.34. The van der Waals surface area contributed by atoms with Gasteiger partial charge in [0.05, 0.1) is 6.61 Å². The van der Waals surface area contributed by atoms with Crippen molar-refractivity contribution >= 4 is 0 Å². The van der Waals surface area contributed by atoms with Gasteiger partial charge in [0.15, 0.2) is 6.29 Å². The van der Waals surface area contributed by atoms with Crippen LogP contribution in [0.1, 0.15) is 112 Å². The highest BCUT2D eigenvalue weighted by molar-refractivity contribution is 5.00. The second-order valence-corrected chi connectivity index (χ2v) is 11.0. The fraction of sp³-hybridized carbons (Fsp3) is 0.926. The summed E-state index contributed by atoms with van der Waals surface area (Å²) in [5.41, 5.74) is -0.454. The molecule has 190 valence electrons. The molecule has 1 heterocycles. The Balaban J connectivity index is 2.14. The summed E-state index contributed by atoms with van der Waals surface area (Å²) in [4.78, 5) is 0. The van der Waals surface area contributed by atoms with E-state index in [9.17, 15) is 20.4 Å². The molecule has 0 bridgehead atoms. The molecular formula is C27H52O5. The highest BCUT2D eigenvalue weighted by atomic mass is 16.6. The normalized spacial score (nSPS) is 28.8. The van der Waals surface area contributed by atoms with Gasteiger partial charge in [0.1, 0.15) is 17.8 Å². The predicted molar refractivity (Wildman–Crippen MR) is 131 cm³/mol. The first-order valence-electron chi connectivity index (χ1n) is 13.1. The molecule has 0 aromatic heterocycles. The molecule has 4 N–H and O–H groups in total. The number of ether oxygens (including phenoxy) is 1. The number of unbranched alkanes of at least 4 members (excludes halogenated alkanes) is 1. The van der Waals surface area contributed by atoms with Gasteiger partial charge in [0.25, 0.3) is 0 Å². The SMILES string of the molecule is CC(=CCCC[C@]1(O)[C@@H](O)OC[C@@H](O)[C@@H]1O)CCCC(C)CCCC(C)CCCC(C)C. The van der Waals surface area contributed by atoms with E-state index in [4.69, 9.17) is 4.74 Å². The second-order valence-electron chi connectivity index (χ2n) is 11.0. The van der Waals surface area contributed by atoms with Gasteiger partial charge in [0, 0.05) is 0 Å². The molecule has 0 saturated carbocycles. The molecule has 0 aromatic rings. The van der Waals surface area contributed by atoms with E-state index in [2.05, 4.69) is 40.7 Å². The molecule has 32 heavy (non-hydrogen) atoms. The summed E-state index contributed by atoms with van der Waals surface area (Å²) in [6.45, 7) is 11.4. The van der Waals surface area contributed by atoms with Crippen LogP contribution in [-0.4, -0.2) is 51.1 Å². The molecule has 0 amide bonds. The molecule has 6 atom stereocenters. The van der Waals surface area contributed by atoms with Crippen LogP contribution >= 0.6 is 0 Å². The van der Waals surface area contributed by atoms with Crippen molar-refractivity contribution in [1.29, 1.82) is 0 Å². The summed E-state index contributed by atoms with van der Waals surface area (Å²) in [7, 11) is 0. The van der Waals surface area contributed by atoms with Gasteiger partial charge in [-0.3, -0.25) is 0 Å². The maximum absolute atomic E-state index is 10.5. The maximum atomic E-state index is 10.5. The summed E-state index contributed by atoms with van der Waals surface area (Å²) in [6.07, 6.45) is 11.4. The molecule has 5 heteroatoms. The molecule has 2 unspecified atom stereocenters. The molecule has 1 rings (SSSR count). The Bertz CT molecular complexity index is 520. The van der Waals surface area contributed by atoms with Crippen LogP contribution in [0, 0.1) is 17.8 Å². The minimum absolute atomic E-state index is 0.167. The molecule has 5 nitrogen and oxygen atoms in total. The fourth-order valence-electron chi connectivity index (χ4n) is 4.72. The van der Waals surface area contributed by atoms with Crippen LogP contribution in [0.15, 0.2) is 11.6 Å². The van der Waals surface area contributed by atoms with Crippen molar-refractivity contribution in [2.45, 2.75) is 136 Å². The highest BCUT2D eigenvalue weighted by Crippen LogP contribution is 2.30. The lowest BCUT2D eigenvalue weighted by molar-refractivity contribution is -0.304. The van der Waals surface area contributed by atoms with E-state index in [1.165, 1.54) is 56.9 Å². The summed E-state index contributed by atoms with van der Waals surface area (Å²) < 4.78 is 4.98. The van der Waals surface area contributed by atoms with E-state index in [-0.39, 0.29) is 13.0 Å². The Hall–Kier alpha value is -0.460. The highest BCUT2D eigenvalue weighted by Gasteiger charge is 2.49. The minimum atomic E-state index is -1.80. The van der Waals surface area contributed by atoms with Gasteiger partial charge in [-0.05, 0) is 56.8 Å². The maximum Gasteiger partial charge on any atom is 0.186 e. The number of aliphatic hydroxyl groups is 4. The third kappa shape index (κ3) is 11.1. The van der Waals surface area contributed by atoms with Crippen molar-refractivity contribution in [3.63, 3.8) is 0 Å². The third-order valence-electron chi connectivity index (χ3n) is 7.14. The zero-order chi connectivity index (χ0) is 24.1. The van der Waals surface area contributed by atoms with E-state index in [0.717, 1.165) is 30.6 Å². The summed E-state index contributed by atoms with van der Waals surface area (Å²) in [6, 6.07) is 0. The van der Waals surface area contributed by atoms with Gasteiger partial charge >= 0.3 is 0 Å². The quantitative estimate of drug-likeness (QED) is 0.186. The standard InChI is InChI=1S/C27H52O5/c1-20(2)11-8-13-22(4)15-10-17-23(5)16-9-14-21(3)12-6-7-18-27(31)25(29)24(28)19-32-26(27)30/h12,20,22-26,28-31H,6-11,13-19H2,1-5H3/t22?,23?,24-,25+,26+,27-/m1/s1. The van der Waals surface area contributed by atoms with Crippen molar-refractivity contribution in [2.75, 3.05) is 6.61 Å². The van der Waals surface area contributed by atoms with Crippen molar-refractivity contribution < 1.29 is 25.2 Å². The monoisotopic (exact) mass is 456 g/mol. The first kappa shape index (κ1) is 29.6. The Morgan fingerprint density at radius 1 is 0.906 bits per heavy atom. The molecule has 0 aliphatic carbocycles. The lowest BCUT2D eigenvalue weighted by Crippen LogP contribution is -2.62. The van der Waals surface area contributed by atoms with Crippen LogP contribution in [0.2, 0.25) is 0 Å².